The first kappa shape index (κ1) is 17.7. The number of nitrogens with zero attached hydrogens (tertiary/aromatic N) is 1. The molecule has 3 heteroatoms. The summed E-state index contributed by atoms with van der Waals surface area (Å²) in [6, 6.07) is 18.7. The third-order valence-electron chi connectivity index (χ3n) is 3.84. The molecule has 126 valence electrons. The van der Waals surface area contributed by atoms with E-state index in [9.17, 15) is 0 Å². The van der Waals surface area contributed by atoms with E-state index in [1.807, 2.05) is 31.4 Å². The summed E-state index contributed by atoms with van der Waals surface area (Å²) in [4.78, 5) is 2.15. The molecular weight excluding hydrogens is 294 g/mol. The zero-order chi connectivity index (χ0) is 17.2. The van der Waals surface area contributed by atoms with E-state index in [0.717, 1.165) is 31.0 Å². The molecule has 0 heterocycles. The van der Waals surface area contributed by atoms with Crippen molar-refractivity contribution in [1.29, 1.82) is 0 Å². The molecule has 0 bridgehead atoms. The first-order chi connectivity index (χ1) is 11.8. The predicted molar refractivity (Wildman–Crippen MR) is 105 cm³/mol. The first-order valence-electron chi connectivity index (χ1n) is 8.45. The molecule has 0 aliphatic heterocycles. The van der Waals surface area contributed by atoms with Gasteiger partial charge in [0.25, 0.3) is 0 Å². The number of anilines is 1. The molecule has 0 fully saturated rings. The van der Waals surface area contributed by atoms with Crippen molar-refractivity contribution in [2.45, 2.75) is 13.3 Å². The summed E-state index contributed by atoms with van der Waals surface area (Å²) in [5.74, 6) is 1.07. The smallest absolute Gasteiger partial charge is 0.113 e. The highest BCUT2D eigenvalue weighted by atomic mass is 15.2. The summed E-state index contributed by atoms with van der Waals surface area (Å²) in [7, 11) is 1.96. The number of rotatable bonds is 8. The highest BCUT2D eigenvalue weighted by Crippen LogP contribution is 2.05. The molecule has 2 aromatic carbocycles. The van der Waals surface area contributed by atoms with Gasteiger partial charge in [0.15, 0.2) is 0 Å². The number of nitrogens with one attached hydrogen (secondary N) is 2. The van der Waals surface area contributed by atoms with Crippen LogP contribution in [0.4, 0.5) is 5.69 Å². The minimum absolute atomic E-state index is 0.828. The Kier molecular flexibility index (Phi) is 6.96. The summed E-state index contributed by atoms with van der Waals surface area (Å²) in [5.41, 5.74) is 1.13. The van der Waals surface area contributed by atoms with Gasteiger partial charge in [-0.15, -0.1) is 0 Å². The lowest BCUT2D eigenvalue weighted by atomic mass is 10.2. The Morgan fingerprint density at radius 1 is 1.08 bits per heavy atom. The van der Waals surface area contributed by atoms with Gasteiger partial charge in [0.05, 0.1) is 0 Å². The summed E-state index contributed by atoms with van der Waals surface area (Å²) in [6.45, 7) is 7.80. The van der Waals surface area contributed by atoms with Crippen LogP contribution in [0.25, 0.3) is 11.9 Å². The predicted octanol–water partition coefficient (Wildman–Crippen LogP) is 2.72. The fraction of sp³-hybridized carbons (Fsp3) is 0.238. The lowest BCUT2D eigenvalue weighted by Gasteiger charge is -2.24. The quantitative estimate of drug-likeness (QED) is 0.783. The standard InChI is InChI=1S/C21H27N3/c1-4-11-18-12-9-10-15-20(18)21(22-3)24(5-2)17-16-23-19-13-7-6-8-14-19/h5-15,22-23H,2,4,16-17H2,1,3H3/b18-11-,21-20+. The van der Waals surface area contributed by atoms with E-state index in [-0.39, 0.29) is 0 Å². The topological polar surface area (TPSA) is 27.3 Å². The van der Waals surface area contributed by atoms with Crippen molar-refractivity contribution in [1.82, 2.24) is 10.2 Å². The number of hydrogen-bond acceptors (Lipinski definition) is 3. The van der Waals surface area contributed by atoms with Crippen molar-refractivity contribution in [2.75, 3.05) is 25.5 Å². The van der Waals surface area contributed by atoms with Gasteiger partial charge in [-0.2, -0.15) is 0 Å². The lowest BCUT2D eigenvalue weighted by Crippen LogP contribution is -2.39. The van der Waals surface area contributed by atoms with Crippen LogP contribution < -0.4 is 21.1 Å². The molecule has 0 amide bonds. The van der Waals surface area contributed by atoms with Crippen molar-refractivity contribution in [3.8, 4) is 0 Å². The minimum Gasteiger partial charge on any atom is -0.383 e. The molecule has 3 nitrogen and oxygen atoms in total. The first-order valence-corrected chi connectivity index (χ1v) is 8.45. The number of hydrogen-bond donors (Lipinski definition) is 2. The van der Waals surface area contributed by atoms with E-state index in [2.05, 4.69) is 71.5 Å². The van der Waals surface area contributed by atoms with Gasteiger partial charge in [0.2, 0.25) is 0 Å². The molecule has 2 N–H and O–H groups in total. The molecule has 0 spiro atoms. The third-order valence-corrected chi connectivity index (χ3v) is 3.84. The SMILES string of the molecule is C=CN(CCNc1ccccc1)/C(NC)=c1\cccc\c1=C\CC. The van der Waals surface area contributed by atoms with Crippen LogP contribution in [0.15, 0.2) is 67.4 Å². The van der Waals surface area contributed by atoms with Crippen LogP contribution in [0.2, 0.25) is 0 Å². The van der Waals surface area contributed by atoms with Crippen LogP contribution in [0.1, 0.15) is 13.3 Å². The van der Waals surface area contributed by atoms with Gasteiger partial charge < -0.3 is 15.5 Å². The molecule has 24 heavy (non-hydrogen) atoms. The van der Waals surface area contributed by atoms with Gasteiger partial charge in [-0.1, -0.05) is 62.0 Å². The van der Waals surface area contributed by atoms with Crippen molar-refractivity contribution >= 4 is 17.6 Å². The average Bonchev–Trinajstić information content (AvgIpc) is 2.63. The second-order valence-corrected chi connectivity index (χ2v) is 5.47. The monoisotopic (exact) mass is 321 g/mol. The third kappa shape index (κ3) is 4.66. The maximum atomic E-state index is 3.98. The number of benzene rings is 2. The van der Waals surface area contributed by atoms with E-state index in [1.54, 1.807) is 0 Å². The fourth-order valence-electron chi connectivity index (χ4n) is 2.71. The summed E-state index contributed by atoms with van der Waals surface area (Å²) in [5, 5.41) is 9.22. The molecule has 0 saturated heterocycles. The second kappa shape index (κ2) is 9.46. The molecule has 0 radical (unpaired) electrons. The Balaban J connectivity index is 2.23. The second-order valence-electron chi connectivity index (χ2n) is 5.47. The van der Waals surface area contributed by atoms with Crippen LogP contribution in [-0.4, -0.2) is 25.0 Å². The van der Waals surface area contributed by atoms with Gasteiger partial charge in [-0.05, 0) is 30.0 Å². The van der Waals surface area contributed by atoms with Crippen LogP contribution in [-0.2, 0) is 0 Å². The van der Waals surface area contributed by atoms with Crippen molar-refractivity contribution in [2.24, 2.45) is 0 Å². The Bertz CT molecular complexity index is 750. The lowest BCUT2D eigenvalue weighted by molar-refractivity contribution is 0.519. The molecule has 0 aliphatic carbocycles. The summed E-state index contributed by atoms with van der Waals surface area (Å²) < 4.78 is 0. The zero-order valence-corrected chi connectivity index (χ0v) is 14.6. The highest BCUT2D eigenvalue weighted by molar-refractivity contribution is 5.45. The van der Waals surface area contributed by atoms with Crippen LogP contribution in [0, 0.1) is 0 Å². The maximum Gasteiger partial charge on any atom is 0.113 e. The van der Waals surface area contributed by atoms with Crippen LogP contribution in [0.5, 0.6) is 0 Å². The molecule has 2 rings (SSSR count). The van der Waals surface area contributed by atoms with Crippen LogP contribution >= 0.6 is 0 Å². The average molecular weight is 321 g/mol. The van der Waals surface area contributed by atoms with E-state index < -0.39 is 0 Å². The molecule has 0 aromatic heterocycles. The maximum absolute atomic E-state index is 3.98. The Labute approximate surface area is 145 Å². The highest BCUT2D eigenvalue weighted by Gasteiger charge is 2.06. The zero-order valence-electron chi connectivity index (χ0n) is 14.6. The Morgan fingerprint density at radius 3 is 2.46 bits per heavy atom. The Hall–Kier alpha value is -2.68. The van der Waals surface area contributed by atoms with E-state index in [1.165, 1.54) is 10.4 Å². The molecular formula is C21H27N3. The Morgan fingerprint density at radius 2 is 1.79 bits per heavy atom. The van der Waals surface area contributed by atoms with Crippen LogP contribution in [0.3, 0.4) is 0 Å². The van der Waals surface area contributed by atoms with Crippen molar-refractivity contribution in [3.05, 3.63) is 77.8 Å². The van der Waals surface area contributed by atoms with Gasteiger partial charge in [-0.3, -0.25) is 0 Å². The van der Waals surface area contributed by atoms with E-state index in [4.69, 9.17) is 0 Å². The molecule has 0 aliphatic rings. The van der Waals surface area contributed by atoms with Gasteiger partial charge in [-0.25, -0.2) is 0 Å². The number of para-hydroxylation sites is 1. The summed E-state index contributed by atoms with van der Waals surface area (Å²) in [6.07, 6.45) is 5.13. The minimum atomic E-state index is 0.828. The molecule has 0 saturated carbocycles. The summed E-state index contributed by atoms with van der Waals surface area (Å²) >= 11 is 0. The molecule has 2 aromatic rings. The largest absolute Gasteiger partial charge is 0.383 e. The van der Waals surface area contributed by atoms with E-state index in [0.29, 0.717) is 0 Å². The molecule has 0 unspecified atom stereocenters. The normalized spacial score (nSPS) is 12.5. The van der Waals surface area contributed by atoms with E-state index >= 15 is 0 Å². The fourth-order valence-corrected chi connectivity index (χ4v) is 2.71. The van der Waals surface area contributed by atoms with Gasteiger partial charge in [0.1, 0.15) is 5.82 Å². The van der Waals surface area contributed by atoms with Gasteiger partial charge in [0, 0.05) is 31.0 Å². The van der Waals surface area contributed by atoms with Gasteiger partial charge >= 0.3 is 0 Å². The molecule has 0 atom stereocenters. The van der Waals surface area contributed by atoms with Crippen molar-refractivity contribution < 1.29 is 0 Å². The van der Waals surface area contributed by atoms with Crippen molar-refractivity contribution in [3.63, 3.8) is 0 Å².